The number of nitrogens with zero attached hydrogens (tertiary/aromatic N) is 4. The molecule has 1 fully saturated rings. The molecule has 0 atom stereocenters. The number of benzene rings is 1. The molecule has 1 aliphatic heterocycles. The highest BCUT2D eigenvalue weighted by Gasteiger charge is 2.27. The van der Waals surface area contributed by atoms with Gasteiger partial charge in [-0.25, -0.2) is 9.07 Å². The van der Waals surface area contributed by atoms with E-state index in [1.54, 1.807) is 4.90 Å². The van der Waals surface area contributed by atoms with Gasteiger partial charge < -0.3 is 9.80 Å². The minimum Gasteiger partial charge on any atom is -0.335 e. The predicted octanol–water partition coefficient (Wildman–Crippen LogP) is 2.04. The van der Waals surface area contributed by atoms with E-state index >= 15 is 0 Å². The summed E-state index contributed by atoms with van der Waals surface area (Å²) >= 11 is 5.86. The zero-order chi connectivity index (χ0) is 20.3. The molecule has 2 amide bonds. The molecule has 1 aromatic heterocycles. The van der Waals surface area contributed by atoms with Gasteiger partial charge in [0.25, 0.3) is 17.4 Å². The number of piperazine rings is 1. The first-order valence-electron chi connectivity index (χ1n) is 9.02. The molecule has 2 aromatic rings. The van der Waals surface area contributed by atoms with Gasteiger partial charge in [-0.1, -0.05) is 18.5 Å². The SMILES string of the molecule is CCCn1nc(C(=O)N2CCN(C(=O)c3cc(Cl)ccc3F)CC2)ccc1=O. The standard InChI is InChI=1S/C19H20ClFN4O3/c1-2-7-25-17(26)6-5-16(22-25)19(28)24-10-8-23(9-11-24)18(27)14-12-13(20)3-4-15(14)21/h3-6,12H,2,7-11H2,1H3. The Morgan fingerprint density at radius 3 is 2.36 bits per heavy atom. The normalized spacial score (nSPS) is 14.2. The van der Waals surface area contributed by atoms with Crippen LogP contribution in [0.5, 0.6) is 0 Å². The Balaban J connectivity index is 1.67. The van der Waals surface area contributed by atoms with Crippen molar-refractivity contribution in [3.8, 4) is 0 Å². The Morgan fingerprint density at radius 1 is 1.07 bits per heavy atom. The third kappa shape index (κ3) is 4.22. The Bertz CT molecular complexity index is 954. The van der Waals surface area contributed by atoms with Gasteiger partial charge in [0, 0.05) is 43.8 Å². The first-order valence-corrected chi connectivity index (χ1v) is 9.40. The molecule has 9 heteroatoms. The van der Waals surface area contributed by atoms with Crippen molar-refractivity contribution in [2.75, 3.05) is 26.2 Å². The average molecular weight is 407 g/mol. The third-order valence-electron chi connectivity index (χ3n) is 4.53. The molecular formula is C19H20ClFN4O3. The topological polar surface area (TPSA) is 75.5 Å². The van der Waals surface area contributed by atoms with Gasteiger partial charge >= 0.3 is 0 Å². The quantitative estimate of drug-likeness (QED) is 0.778. The molecule has 1 saturated heterocycles. The second-order valence-corrected chi connectivity index (χ2v) is 6.92. The Labute approximate surface area is 166 Å². The van der Waals surface area contributed by atoms with Gasteiger partial charge in [0.05, 0.1) is 5.56 Å². The number of carbonyl (C=O) groups excluding carboxylic acids is 2. The maximum atomic E-state index is 13.9. The van der Waals surface area contributed by atoms with Crippen molar-refractivity contribution in [1.29, 1.82) is 0 Å². The third-order valence-corrected chi connectivity index (χ3v) is 4.77. The molecule has 2 heterocycles. The van der Waals surface area contributed by atoms with Crippen molar-refractivity contribution in [3.63, 3.8) is 0 Å². The number of aromatic nitrogens is 2. The van der Waals surface area contributed by atoms with Gasteiger partial charge in [-0.15, -0.1) is 0 Å². The van der Waals surface area contributed by atoms with Gasteiger partial charge in [0.2, 0.25) is 0 Å². The fraction of sp³-hybridized carbons (Fsp3) is 0.368. The highest BCUT2D eigenvalue weighted by Crippen LogP contribution is 2.18. The van der Waals surface area contributed by atoms with E-state index < -0.39 is 11.7 Å². The van der Waals surface area contributed by atoms with Crippen LogP contribution in [0.1, 0.15) is 34.2 Å². The van der Waals surface area contributed by atoms with E-state index in [2.05, 4.69) is 5.10 Å². The summed E-state index contributed by atoms with van der Waals surface area (Å²) in [6.07, 6.45) is 0.728. The minimum absolute atomic E-state index is 0.0828. The number of amides is 2. The molecule has 0 saturated carbocycles. The Hall–Kier alpha value is -2.74. The molecule has 0 bridgehead atoms. The van der Waals surface area contributed by atoms with Gasteiger partial charge in [-0.05, 0) is 30.7 Å². The second-order valence-electron chi connectivity index (χ2n) is 6.49. The number of halogens is 2. The van der Waals surface area contributed by atoms with Crippen molar-refractivity contribution < 1.29 is 14.0 Å². The van der Waals surface area contributed by atoms with Crippen LogP contribution >= 0.6 is 11.6 Å². The summed E-state index contributed by atoms with van der Waals surface area (Å²) in [5.41, 5.74) is -0.147. The molecule has 0 radical (unpaired) electrons. The molecule has 0 unspecified atom stereocenters. The number of rotatable bonds is 4. The largest absolute Gasteiger partial charge is 0.335 e. The predicted molar refractivity (Wildman–Crippen MR) is 102 cm³/mol. The van der Waals surface area contributed by atoms with Gasteiger partial charge in [0.15, 0.2) is 0 Å². The lowest BCUT2D eigenvalue weighted by atomic mass is 10.1. The van der Waals surface area contributed by atoms with E-state index in [0.717, 1.165) is 12.5 Å². The van der Waals surface area contributed by atoms with Gasteiger partial charge in [-0.2, -0.15) is 5.10 Å². The minimum atomic E-state index is -0.629. The highest BCUT2D eigenvalue weighted by atomic mass is 35.5. The fourth-order valence-corrected chi connectivity index (χ4v) is 3.21. The number of aryl methyl sites for hydroxylation is 1. The monoisotopic (exact) mass is 406 g/mol. The molecule has 0 aliphatic carbocycles. The summed E-state index contributed by atoms with van der Waals surface area (Å²) in [5.74, 6) is -1.39. The summed E-state index contributed by atoms with van der Waals surface area (Å²) in [6, 6.07) is 6.59. The maximum absolute atomic E-state index is 13.9. The lowest BCUT2D eigenvalue weighted by Gasteiger charge is -2.34. The fourth-order valence-electron chi connectivity index (χ4n) is 3.04. The molecule has 0 N–H and O–H groups in total. The van der Waals surface area contributed by atoms with Crippen LogP contribution in [0.2, 0.25) is 5.02 Å². The molecule has 28 heavy (non-hydrogen) atoms. The van der Waals surface area contributed by atoms with E-state index in [-0.39, 0.29) is 40.8 Å². The van der Waals surface area contributed by atoms with E-state index in [0.29, 0.717) is 19.6 Å². The first kappa shape index (κ1) is 20.0. The van der Waals surface area contributed by atoms with Gasteiger partial charge in [0.1, 0.15) is 11.5 Å². The molecule has 148 valence electrons. The molecule has 7 nitrogen and oxygen atoms in total. The van der Waals surface area contributed by atoms with Crippen molar-refractivity contribution >= 4 is 23.4 Å². The maximum Gasteiger partial charge on any atom is 0.274 e. The average Bonchev–Trinajstić information content (AvgIpc) is 2.70. The van der Waals surface area contributed by atoms with Crippen LogP contribution < -0.4 is 5.56 Å². The van der Waals surface area contributed by atoms with Crippen LogP contribution in [0.25, 0.3) is 0 Å². The van der Waals surface area contributed by atoms with E-state index in [9.17, 15) is 18.8 Å². The second kappa shape index (κ2) is 8.52. The lowest BCUT2D eigenvalue weighted by Crippen LogP contribution is -2.51. The van der Waals surface area contributed by atoms with Crippen LogP contribution in [0.15, 0.2) is 35.1 Å². The van der Waals surface area contributed by atoms with Crippen LogP contribution in [-0.4, -0.2) is 57.6 Å². The van der Waals surface area contributed by atoms with Crippen molar-refractivity contribution in [3.05, 3.63) is 62.8 Å². The van der Waals surface area contributed by atoms with Crippen LogP contribution in [0.4, 0.5) is 4.39 Å². The molecule has 1 aliphatic rings. The van der Waals surface area contributed by atoms with Crippen molar-refractivity contribution in [2.45, 2.75) is 19.9 Å². The van der Waals surface area contributed by atoms with Crippen LogP contribution in [-0.2, 0) is 6.54 Å². The molecule has 1 aromatic carbocycles. The summed E-state index contributed by atoms with van der Waals surface area (Å²) in [4.78, 5) is 40.0. The Morgan fingerprint density at radius 2 is 1.71 bits per heavy atom. The molecule has 0 spiro atoms. The summed E-state index contributed by atoms with van der Waals surface area (Å²) in [7, 11) is 0. The van der Waals surface area contributed by atoms with Gasteiger partial charge in [-0.3, -0.25) is 14.4 Å². The van der Waals surface area contributed by atoms with E-state index in [1.165, 1.54) is 33.8 Å². The highest BCUT2D eigenvalue weighted by molar-refractivity contribution is 6.31. The van der Waals surface area contributed by atoms with Crippen LogP contribution in [0.3, 0.4) is 0 Å². The van der Waals surface area contributed by atoms with Crippen LogP contribution in [0, 0.1) is 5.82 Å². The van der Waals surface area contributed by atoms with E-state index in [4.69, 9.17) is 11.6 Å². The molecular weight excluding hydrogens is 387 g/mol. The number of hydrogen-bond donors (Lipinski definition) is 0. The smallest absolute Gasteiger partial charge is 0.274 e. The zero-order valence-electron chi connectivity index (χ0n) is 15.4. The lowest BCUT2D eigenvalue weighted by molar-refractivity contribution is 0.0528. The number of hydrogen-bond acceptors (Lipinski definition) is 4. The first-order chi connectivity index (χ1) is 13.4. The summed E-state index contributed by atoms with van der Waals surface area (Å²) < 4.78 is 15.2. The summed E-state index contributed by atoms with van der Waals surface area (Å²) in [6.45, 7) is 3.48. The zero-order valence-corrected chi connectivity index (χ0v) is 16.2. The summed E-state index contributed by atoms with van der Waals surface area (Å²) in [5, 5.41) is 4.41. The van der Waals surface area contributed by atoms with Crippen molar-refractivity contribution in [1.82, 2.24) is 19.6 Å². The van der Waals surface area contributed by atoms with E-state index in [1.807, 2.05) is 6.92 Å². The molecule has 3 rings (SSSR count). The van der Waals surface area contributed by atoms with Crippen molar-refractivity contribution in [2.24, 2.45) is 0 Å². The Kier molecular flexibility index (Phi) is 6.08. The number of carbonyl (C=O) groups is 2.